The largest absolute Gasteiger partial charge is 0.415 e. The fourth-order valence-corrected chi connectivity index (χ4v) is 1.53. The first-order valence-corrected chi connectivity index (χ1v) is 4.60. The summed E-state index contributed by atoms with van der Waals surface area (Å²) in [5, 5.41) is 12.0. The first-order chi connectivity index (χ1) is 6.39. The third kappa shape index (κ3) is 3.43. The van der Waals surface area contributed by atoms with Crippen LogP contribution in [0.2, 0.25) is 0 Å². The van der Waals surface area contributed by atoms with E-state index in [9.17, 15) is 13.2 Å². The van der Waals surface area contributed by atoms with Crippen LogP contribution in [0.4, 0.5) is 13.2 Å². The molecule has 14 heavy (non-hydrogen) atoms. The van der Waals surface area contributed by atoms with Crippen molar-refractivity contribution in [1.82, 2.24) is 10.2 Å². The Morgan fingerprint density at radius 3 is 2.71 bits per heavy atom. The number of alkyl halides is 3. The molecule has 0 amide bonds. The average molecular weight is 212 g/mol. The zero-order chi connectivity index (χ0) is 10.8. The molecule has 0 saturated carbocycles. The highest BCUT2D eigenvalue weighted by atomic mass is 19.4. The van der Waals surface area contributed by atoms with Crippen LogP contribution in [-0.2, 0) is 0 Å². The van der Waals surface area contributed by atoms with Gasteiger partial charge in [0.1, 0.15) is 0 Å². The van der Waals surface area contributed by atoms with E-state index in [0.717, 1.165) is 0 Å². The van der Waals surface area contributed by atoms with Gasteiger partial charge >= 0.3 is 6.18 Å². The van der Waals surface area contributed by atoms with Crippen molar-refractivity contribution in [1.29, 1.82) is 0 Å². The molecule has 0 bridgehead atoms. The normalized spacial score (nSPS) is 27.6. The molecule has 1 aliphatic heterocycles. The number of piperazine rings is 1. The summed E-state index contributed by atoms with van der Waals surface area (Å²) in [7, 11) is 0. The van der Waals surface area contributed by atoms with E-state index < -0.39 is 12.3 Å². The summed E-state index contributed by atoms with van der Waals surface area (Å²) < 4.78 is 36.0. The fourth-order valence-electron chi connectivity index (χ4n) is 1.53. The lowest BCUT2D eigenvalue weighted by molar-refractivity contribution is -0.208. The second-order valence-corrected chi connectivity index (χ2v) is 3.67. The minimum absolute atomic E-state index is 0.184. The van der Waals surface area contributed by atoms with Crippen LogP contribution in [0, 0.1) is 0 Å². The summed E-state index contributed by atoms with van der Waals surface area (Å²) in [4.78, 5) is 1.62. The molecule has 6 heteroatoms. The highest BCUT2D eigenvalue weighted by Crippen LogP contribution is 2.20. The summed E-state index contributed by atoms with van der Waals surface area (Å²) in [6, 6.07) is 0.184. The number of rotatable bonds is 2. The third-order valence-corrected chi connectivity index (χ3v) is 2.26. The first kappa shape index (κ1) is 11.7. The van der Waals surface area contributed by atoms with Crippen LogP contribution in [0.5, 0.6) is 0 Å². The molecule has 0 aromatic rings. The van der Waals surface area contributed by atoms with Crippen LogP contribution >= 0.6 is 0 Å². The molecule has 2 unspecified atom stereocenters. The first-order valence-electron chi connectivity index (χ1n) is 4.60. The zero-order valence-electron chi connectivity index (χ0n) is 8.01. The van der Waals surface area contributed by atoms with Crippen molar-refractivity contribution in [3.8, 4) is 0 Å². The van der Waals surface area contributed by atoms with Crippen molar-refractivity contribution < 1.29 is 18.3 Å². The minimum atomic E-state index is -4.51. The molecule has 0 aliphatic carbocycles. The molecule has 84 valence electrons. The number of halogens is 3. The highest BCUT2D eigenvalue weighted by molar-refractivity contribution is 4.78. The molecule has 1 rings (SSSR count). The van der Waals surface area contributed by atoms with Gasteiger partial charge in [-0.25, -0.2) is 0 Å². The molecule has 0 aromatic carbocycles. The van der Waals surface area contributed by atoms with Gasteiger partial charge in [0.2, 0.25) is 0 Å². The van der Waals surface area contributed by atoms with Gasteiger partial charge in [-0.3, -0.25) is 4.90 Å². The van der Waals surface area contributed by atoms with Crippen LogP contribution in [0.25, 0.3) is 0 Å². The Morgan fingerprint density at radius 1 is 1.57 bits per heavy atom. The number of aliphatic hydroxyl groups excluding tert-OH is 1. The van der Waals surface area contributed by atoms with Gasteiger partial charge in [0.25, 0.3) is 0 Å². The van der Waals surface area contributed by atoms with Crippen molar-refractivity contribution in [3.05, 3.63) is 0 Å². The van der Waals surface area contributed by atoms with Crippen LogP contribution in [0.15, 0.2) is 0 Å². The average Bonchev–Trinajstić information content (AvgIpc) is 2.02. The molecule has 1 fully saturated rings. The molecule has 3 nitrogen and oxygen atoms in total. The molecule has 0 spiro atoms. The van der Waals surface area contributed by atoms with E-state index in [1.165, 1.54) is 0 Å². The Hall–Kier alpha value is -0.330. The quantitative estimate of drug-likeness (QED) is 0.686. The number of aliphatic hydroxyl groups is 1. The topological polar surface area (TPSA) is 35.5 Å². The van der Waals surface area contributed by atoms with E-state index in [0.29, 0.717) is 19.6 Å². The maximum Gasteiger partial charge on any atom is 0.415 e. The Bertz CT molecular complexity index is 186. The molecule has 0 aromatic heterocycles. The molecule has 0 radical (unpaired) electrons. The lowest BCUT2D eigenvalue weighted by Crippen LogP contribution is -2.52. The van der Waals surface area contributed by atoms with Crippen molar-refractivity contribution >= 4 is 0 Å². The lowest BCUT2D eigenvalue weighted by Gasteiger charge is -2.33. The summed E-state index contributed by atoms with van der Waals surface area (Å²) in [5.41, 5.74) is 0. The van der Waals surface area contributed by atoms with Gasteiger partial charge < -0.3 is 10.4 Å². The van der Waals surface area contributed by atoms with Gasteiger partial charge in [-0.05, 0) is 6.92 Å². The number of β-amino-alcohol motifs (C(OH)–C–C–N with tert-alkyl or cyclic N) is 1. The van der Waals surface area contributed by atoms with Gasteiger partial charge in [-0.2, -0.15) is 13.2 Å². The van der Waals surface area contributed by atoms with E-state index in [1.54, 1.807) is 4.90 Å². The van der Waals surface area contributed by atoms with Gasteiger partial charge in [-0.15, -0.1) is 0 Å². The molecule has 1 saturated heterocycles. The van der Waals surface area contributed by atoms with E-state index in [4.69, 9.17) is 5.11 Å². The maximum atomic E-state index is 12.0. The van der Waals surface area contributed by atoms with Gasteiger partial charge in [0.15, 0.2) is 6.10 Å². The summed E-state index contributed by atoms with van der Waals surface area (Å²) in [6.07, 6.45) is -6.73. The maximum absolute atomic E-state index is 12.0. The SMILES string of the molecule is CC1CN(CC(O)C(F)(F)F)CCN1. The van der Waals surface area contributed by atoms with E-state index in [2.05, 4.69) is 5.32 Å². The standard InChI is InChI=1S/C8H15F3N2O/c1-6-4-13(3-2-12-6)5-7(14)8(9,10)11/h6-7,12,14H,2-5H2,1H3. The fraction of sp³-hybridized carbons (Fsp3) is 1.00. The monoisotopic (exact) mass is 212 g/mol. The van der Waals surface area contributed by atoms with Gasteiger partial charge in [0.05, 0.1) is 0 Å². The number of nitrogens with one attached hydrogen (secondary N) is 1. The predicted molar refractivity (Wildman–Crippen MR) is 46.0 cm³/mol. The van der Waals surface area contributed by atoms with Crippen molar-refractivity contribution in [2.75, 3.05) is 26.2 Å². The Labute approximate surface area is 80.9 Å². The van der Waals surface area contributed by atoms with Gasteiger partial charge in [-0.1, -0.05) is 0 Å². The molecular weight excluding hydrogens is 197 g/mol. The van der Waals surface area contributed by atoms with Crippen LogP contribution in [0.1, 0.15) is 6.92 Å². The Kier molecular flexibility index (Phi) is 3.74. The Balaban J connectivity index is 2.36. The van der Waals surface area contributed by atoms with Crippen molar-refractivity contribution in [3.63, 3.8) is 0 Å². The molecule has 2 N–H and O–H groups in total. The van der Waals surface area contributed by atoms with E-state index in [1.807, 2.05) is 6.92 Å². The van der Waals surface area contributed by atoms with Crippen LogP contribution in [0.3, 0.4) is 0 Å². The predicted octanol–water partition coefficient (Wildman–Crippen LogP) is 0.203. The number of hydrogen-bond donors (Lipinski definition) is 2. The minimum Gasteiger partial charge on any atom is -0.382 e. The smallest absolute Gasteiger partial charge is 0.382 e. The number of nitrogens with zero attached hydrogens (tertiary/aromatic N) is 1. The highest BCUT2D eigenvalue weighted by Gasteiger charge is 2.39. The van der Waals surface area contributed by atoms with Crippen molar-refractivity contribution in [2.24, 2.45) is 0 Å². The summed E-state index contributed by atoms with van der Waals surface area (Å²) in [6.45, 7) is 3.36. The molecule has 2 atom stereocenters. The van der Waals surface area contributed by atoms with E-state index >= 15 is 0 Å². The van der Waals surface area contributed by atoms with Crippen LogP contribution < -0.4 is 5.32 Å². The third-order valence-electron chi connectivity index (χ3n) is 2.26. The Morgan fingerprint density at radius 2 is 2.21 bits per heavy atom. The molecular formula is C8H15F3N2O. The summed E-state index contributed by atoms with van der Waals surface area (Å²) in [5.74, 6) is 0. The lowest BCUT2D eigenvalue weighted by atomic mass is 10.2. The summed E-state index contributed by atoms with van der Waals surface area (Å²) >= 11 is 0. The van der Waals surface area contributed by atoms with E-state index in [-0.39, 0.29) is 12.6 Å². The second kappa shape index (κ2) is 4.46. The van der Waals surface area contributed by atoms with Crippen molar-refractivity contribution in [2.45, 2.75) is 25.2 Å². The second-order valence-electron chi connectivity index (χ2n) is 3.67. The molecule has 1 aliphatic rings. The number of hydrogen-bond acceptors (Lipinski definition) is 3. The van der Waals surface area contributed by atoms with Gasteiger partial charge in [0, 0.05) is 32.2 Å². The van der Waals surface area contributed by atoms with Crippen LogP contribution in [-0.4, -0.2) is 54.5 Å². The zero-order valence-corrected chi connectivity index (χ0v) is 8.01. The molecule has 1 heterocycles.